The first-order valence-electron chi connectivity index (χ1n) is 7.23. The Hall–Kier alpha value is -0.240. The second-order valence-electron chi connectivity index (χ2n) is 6.02. The van der Waals surface area contributed by atoms with Crippen LogP contribution >= 0.6 is 23.2 Å². The van der Waals surface area contributed by atoms with E-state index in [1.807, 2.05) is 12.1 Å². The van der Waals surface area contributed by atoms with Crippen molar-refractivity contribution >= 4 is 23.2 Å². The first-order valence-corrected chi connectivity index (χ1v) is 7.99. The topological polar surface area (TPSA) is 12.0 Å². The van der Waals surface area contributed by atoms with Gasteiger partial charge in [0.15, 0.2) is 0 Å². The van der Waals surface area contributed by atoms with E-state index in [0.717, 1.165) is 23.1 Å². The van der Waals surface area contributed by atoms with Crippen molar-refractivity contribution < 1.29 is 0 Å². The lowest BCUT2D eigenvalue weighted by atomic mass is 9.88. The molecule has 2 atom stereocenters. The van der Waals surface area contributed by atoms with Crippen molar-refractivity contribution in [1.29, 1.82) is 0 Å². The third-order valence-electron chi connectivity index (χ3n) is 3.98. The second kappa shape index (κ2) is 6.97. The summed E-state index contributed by atoms with van der Waals surface area (Å²) in [6.07, 6.45) is 3.81. The Balaban J connectivity index is 2.03. The number of hydrogen-bond acceptors (Lipinski definition) is 1. The molecule has 1 N–H and O–H groups in total. The van der Waals surface area contributed by atoms with E-state index in [0.29, 0.717) is 17.8 Å². The third kappa shape index (κ3) is 4.11. The quantitative estimate of drug-likeness (QED) is 0.795. The van der Waals surface area contributed by atoms with Crippen molar-refractivity contribution in [1.82, 2.24) is 5.32 Å². The molecule has 0 bridgehead atoms. The lowest BCUT2D eigenvalue weighted by Crippen LogP contribution is -2.27. The highest BCUT2D eigenvalue weighted by Gasteiger charge is 2.29. The molecule has 106 valence electrons. The Morgan fingerprint density at radius 3 is 2.79 bits per heavy atom. The molecule has 0 amide bonds. The van der Waals surface area contributed by atoms with E-state index in [1.54, 1.807) is 0 Å². The molecule has 1 nitrogen and oxygen atoms in total. The van der Waals surface area contributed by atoms with Gasteiger partial charge in [-0.05, 0) is 67.4 Å². The Bertz CT molecular complexity index is 417. The second-order valence-corrected chi connectivity index (χ2v) is 6.86. The molecule has 1 saturated carbocycles. The average molecular weight is 300 g/mol. The molecule has 1 aromatic carbocycles. The summed E-state index contributed by atoms with van der Waals surface area (Å²) in [5.41, 5.74) is 1.24. The first kappa shape index (κ1) is 15.2. The van der Waals surface area contributed by atoms with Crippen molar-refractivity contribution in [3.8, 4) is 0 Å². The van der Waals surface area contributed by atoms with Crippen LogP contribution in [0.2, 0.25) is 10.0 Å². The maximum Gasteiger partial charge on any atom is 0.0441 e. The summed E-state index contributed by atoms with van der Waals surface area (Å²) in [6, 6.07) is 5.85. The summed E-state index contributed by atoms with van der Waals surface area (Å²) in [5, 5.41) is 5.24. The lowest BCUT2D eigenvalue weighted by Gasteiger charge is -2.22. The van der Waals surface area contributed by atoms with Gasteiger partial charge in [0.2, 0.25) is 0 Å². The van der Waals surface area contributed by atoms with Crippen molar-refractivity contribution in [3.63, 3.8) is 0 Å². The van der Waals surface area contributed by atoms with Gasteiger partial charge in [0.25, 0.3) is 0 Å². The summed E-state index contributed by atoms with van der Waals surface area (Å²) in [5.74, 6) is 1.95. The Labute approximate surface area is 126 Å². The molecule has 1 fully saturated rings. The van der Waals surface area contributed by atoms with Gasteiger partial charge >= 0.3 is 0 Å². The van der Waals surface area contributed by atoms with E-state index >= 15 is 0 Å². The van der Waals surface area contributed by atoms with Crippen LogP contribution < -0.4 is 5.32 Å². The van der Waals surface area contributed by atoms with Crippen molar-refractivity contribution in [3.05, 3.63) is 33.8 Å². The Kier molecular flexibility index (Phi) is 5.56. The van der Waals surface area contributed by atoms with Crippen molar-refractivity contribution in [2.45, 2.75) is 39.0 Å². The standard InChI is InChI=1S/C16H23Cl2N/c1-11(2)9-19-10-12-4-3-5-14(12)15-8-13(17)6-7-16(15)18/h6-8,11-12,14,19H,3-5,9-10H2,1-2H3. The van der Waals surface area contributed by atoms with Crippen LogP contribution in [0.1, 0.15) is 44.6 Å². The summed E-state index contributed by atoms with van der Waals surface area (Å²) in [4.78, 5) is 0. The lowest BCUT2D eigenvalue weighted by molar-refractivity contribution is 0.425. The van der Waals surface area contributed by atoms with Gasteiger partial charge in [-0.25, -0.2) is 0 Å². The first-order chi connectivity index (χ1) is 9.08. The molecule has 0 heterocycles. The maximum absolute atomic E-state index is 6.35. The van der Waals surface area contributed by atoms with Gasteiger partial charge in [0.1, 0.15) is 0 Å². The number of benzene rings is 1. The molecule has 0 spiro atoms. The summed E-state index contributed by atoms with van der Waals surface area (Å²) in [7, 11) is 0. The maximum atomic E-state index is 6.35. The molecular weight excluding hydrogens is 277 g/mol. The minimum absolute atomic E-state index is 0.561. The van der Waals surface area contributed by atoms with Crippen LogP contribution in [0.5, 0.6) is 0 Å². The van der Waals surface area contributed by atoms with Crippen molar-refractivity contribution in [2.24, 2.45) is 11.8 Å². The monoisotopic (exact) mass is 299 g/mol. The molecule has 0 saturated heterocycles. The zero-order valence-electron chi connectivity index (χ0n) is 11.8. The predicted molar refractivity (Wildman–Crippen MR) is 84.3 cm³/mol. The number of hydrogen-bond donors (Lipinski definition) is 1. The highest BCUT2D eigenvalue weighted by Crippen LogP contribution is 2.42. The fourth-order valence-electron chi connectivity index (χ4n) is 3.05. The van der Waals surface area contributed by atoms with Gasteiger partial charge in [0.05, 0.1) is 0 Å². The normalized spacial score (nSPS) is 23.2. The summed E-state index contributed by atoms with van der Waals surface area (Å²) >= 11 is 12.5. The molecule has 2 unspecified atom stereocenters. The van der Waals surface area contributed by atoms with Gasteiger partial charge in [-0.2, -0.15) is 0 Å². The largest absolute Gasteiger partial charge is 0.316 e. The van der Waals surface area contributed by atoms with E-state index in [-0.39, 0.29) is 0 Å². The van der Waals surface area contributed by atoms with Gasteiger partial charge in [-0.15, -0.1) is 0 Å². The van der Waals surface area contributed by atoms with Gasteiger partial charge < -0.3 is 5.32 Å². The van der Waals surface area contributed by atoms with Crippen LogP contribution in [0, 0.1) is 11.8 Å². The highest BCUT2D eigenvalue weighted by molar-refractivity contribution is 6.33. The molecule has 0 aliphatic heterocycles. The molecule has 2 rings (SSSR count). The average Bonchev–Trinajstić information content (AvgIpc) is 2.80. The van der Waals surface area contributed by atoms with Crippen molar-refractivity contribution in [2.75, 3.05) is 13.1 Å². The molecule has 1 aliphatic rings. The minimum Gasteiger partial charge on any atom is -0.316 e. The SMILES string of the molecule is CC(C)CNCC1CCCC1c1cc(Cl)ccc1Cl. The minimum atomic E-state index is 0.561. The fourth-order valence-corrected chi connectivity index (χ4v) is 3.48. The Morgan fingerprint density at radius 1 is 1.26 bits per heavy atom. The van der Waals surface area contributed by atoms with Crippen LogP contribution in [-0.4, -0.2) is 13.1 Å². The van der Waals surface area contributed by atoms with Gasteiger partial charge in [-0.1, -0.05) is 43.5 Å². The number of nitrogens with one attached hydrogen (secondary N) is 1. The van der Waals surface area contributed by atoms with Crippen LogP contribution in [-0.2, 0) is 0 Å². The molecule has 3 heteroatoms. The van der Waals surface area contributed by atoms with E-state index in [2.05, 4.69) is 25.2 Å². The van der Waals surface area contributed by atoms with E-state index < -0.39 is 0 Å². The van der Waals surface area contributed by atoms with Crippen LogP contribution in [0.15, 0.2) is 18.2 Å². The summed E-state index contributed by atoms with van der Waals surface area (Å²) in [6.45, 7) is 6.66. The van der Waals surface area contributed by atoms with Gasteiger partial charge in [0, 0.05) is 10.0 Å². The summed E-state index contributed by atoms with van der Waals surface area (Å²) < 4.78 is 0. The Morgan fingerprint density at radius 2 is 2.05 bits per heavy atom. The van der Waals surface area contributed by atoms with E-state index in [4.69, 9.17) is 23.2 Å². The predicted octanol–water partition coefficient (Wildman–Crippen LogP) is 5.12. The zero-order valence-corrected chi connectivity index (χ0v) is 13.3. The molecular formula is C16H23Cl2N. The van der Waals surface area contributed by atoms with Crippen LogP contribution in [0.3, 0.4) is 0 Å². The smallest absolute Gasteiger partial charge is 0.0441 e. The molecule has 0 aromatic heterocycles. The van der Waals surface area contributed by atoms with E-state index in [9.17, 15) is 0 Å². The number of halogens is 2. The zero-order chi connectivity index (χ0) is 13.8. The van der Waals surface area contributed by atoms with Crippen LogP contribution in [0.4, 0.5) is 0 Å². The molecule has 1 aromatic rings. The molecule has 0 radical (unpaired) electrons. The van der Waals surface area contributed by atoms with Gasteiger partial charge in [-0.3, -0.25) is 0 Å². The fraction of sp³-hybridized carbons (Fsp3) is 0.625. The third-order valence-corrected chi connectivity index (χ3v) is 4.56. The number of rotatable bonds is 5. The van der Waals surface area contributed by atoms with E-state index in [1.165, 1.54) is 24.8 Å². The molecule has 1 aliphatic carbocycles. The molecule has 19 heavy (non-hydrogen) atoms. The van der Waals surface area contributed by atoms with Crippen LogP contribution in [0.25, 0.3) is 0 Å². The highest BCUT2D eigenvalue weighted by atomic mass is 35.5.